The summed E-state index contributed by atoms with van der Waals surface area (Å²) in [6, 6.07) is 0. The van der Waals surface area contributed by atoms with Gasteiger partial charge >= 0.3 is 0 Å². The predicted octanol–water partition coefficient (Wildman–Crippen LogP) is 2.18. The van der Waals surface area contributed by atoms with E-state index in [2.05, 4.69) is 5.32 Å². The number of hydrogen-bond acceptors (Lipinski definition) is 3. The van der Waals surface area contributed by atoms with Gasteiger partial charge in [0.15, 0.2) is 0 Å². The van der Waals surface area contributed by atoms with Gasteiger partial charge in [-0.3, -0.25) is 0 Å². The summed E-state index contributed by atoms with van der Waals surface area (Å²) in [5.74, 6) is 0. The van der Waals surface area contributed by atoms with Crippen LogP contribution in [-0.2, 0) is 9.47 Å². The van der Waals surface area contributed by atoms with Crippen molar-refractivity contribution in [2.45, 2.75) is 43.6 Å². The van der Waals surface area contributed by atoms with E-state index in [4.69, 9.17) is 21.1 Å². The monoisotopic (exact) mass is 249 g/mol. The minimum absolute atomic E-state index is 0.135. The lowest BCUT2D eigenvalue weighted by molar-refractivity contribution is 0.102. The molecule has 1 fully saturated rings. The second-order valence-corrected chi connectivity index (χ2v) is 4.99. The second-order valence-electron chi connectivity index (χ2n) is 4.37. The summed E-state index contributed by atoms with van der Waals surface area (Å²) in [6.45, 7) is 3.64. The van der Waals surface area contributed by atoms with Gasteiger partial charge in [0.1, 0.15) is 0 Å². The van der Waals surface area contributed by atoms with Crippen molar-refractivity contribution in [2.75, 3.05) is 33.4 Å². The zero-order chi connectivity index (χ0) is 11.6. The summed E-state index contributed by atoms with van der Waals surface area (Å²) in [5, 5.41) is 3.54. The van der Waals surface area contributed by atoms with E-state index in [-0.39, 0.29) is 5.38 Å². The Hall–Kier alpha value is 0.170. The van der Waals surface area contributed by atoms with Crippen LogP contribution in [0, 0.1) is 0 Å². The number of ether oxygens (including phenoxy) is 2. The van der Waals surface area contributed by atoms with Crippen LogP contribution in [0.1, 0.15) is 32.1 Å². The lowest BCUT2D eigenvalue weighted by Crippen LogP contribution is -2.22. The van der Waals surface area contributed by atoms with E-state index in [0.29, 0.717) is 12.7 Å². The molecule has 3 nitrogen and oxygen atoms in total. The van der Waals surface area contributed by atoms with Crippen LogP contribution in [0.2, 0.25) is 0 Å². The highest BCUT2D eigenvalue weighted by molar-refractivity contribution is 6.20. The minimum atomic E-state index is 0.135. The molecule has 96 valence electrons. The smallest absolute Gasteiger partial charge is 0.0626 e. The molecule has 0 aliphatic carbocycles. The van der Waals surface area contributed by atoms with Gasteiger partial charge in [0.05, 0.1) is 18.1 Å². The van der Waals surface area contributed by atoms with Gasteiger partial charge in [0.2, 0.25) is 0 Å². The first-order valence-electron chi connectivity index (χ1n) is 6.28. The van der Waals surface area contributed by atoms with E-state index in [1.165, 1.54) is 25.7 Å². The van der Waals surface area contributed by atoms with Crippen molar-refractivity contribution in [3.63, 3.8) is 0 Å². The molecule has 0 spiro atoms. The average molecular weight is 250 g/mol. The molecular formula is C12H24ClNO2. The topological polar surface area (TPSA) is 30.5 Å². The molecular weight excluding hydrogens is 226 g/mol. The highest BCUT2D eigenvalue weighted by Crippen LogP contribution is 2.16. The lowest BCUT2D eigenvalue weighted by atomic mass is 10.1. The number of rotatable bonds is 9. The molecule has 1 aliphatic heterocycles. The van der Waals surface area contributed by atoms with Crippen molar-refractivity contribution in [2.24, 2.45) is 0 Å². The quantitative estimate of drug-likeness (QED) is 0.502. The Morgan fingerprint density at radius 2 is 2.38 bits per heavy atom. The molecule has 0 aromatic carbocycles. The number of halogens is 1. The van der Waals surface area contributed by atoms with Crippen LogP contribution >= 0.6 is 11.6 Å². The van der Waals surface area contributed by atoms with Gasteiger partial charge in [-0.05, 0) is 45.2 Å². The molecule has 1 saturated heterocycles. The Balaban J connectivity index is 1.80. The van der Waals surface area contributed by atoms with Crippen LogP contribution in [0.15, 0.2) is 0 Å². The molecule has 1 heterocycles. The third-order valence-electron chi connectivity index (χ3n) is 2.89. The SMILES string of the molecule is COCC(Cl)CCNCCCC1CCCO1. The van der Waals surface area contributed by atoms with E-state index in [0.717, 1.165) is 26.1 Å². The molecule has 0 radical (unpaired) electrons. The molecule has 16 heavy (non-hydrogen) atoms. The zero-order valence-electron chi connectivity index (χ0n) is 10.2. The van der Waals surface area contributed by atoms with Gasteiger partial charge in [-0.1, -0.05) is 0 Å². The summed E-state index contributed by atoms with van der Waals surface area (Å²) < 4.78 is 10.5. The summed E-state index contributed by atoms with van der Waals surface area (Å²) in [6.07, 6.45) is 6.36. The van der Waals surface area contributed by atoms with Crippen molar-refractivity contribution in [1.29, 1.82) is 0 Å². The Kier molecular flexibility index (Phi) is 8.21. The summed E-state index contributed by atoms with van der Waals surface area (Å²) in [4.78, 5) is 0. The van der Waals surface area contributed by atoms with Crippen molar-refractivity contribution in [3.05, 3.63) is 0 Å². The molecule has 2 atom stereocenters. The Labute approximate surface area is 104 Å². The van der Waals surface area contributed by atoms with Crippen LogP contribution in [-0.4, -0.2) is 44.9 Å². The minimum Gasteiger partial charge on any atom is -0.383 e. The standard InChI is InChI=1S/C12H24ClNO2/c1-15-10-11(13)6-8-14-7-2-4-12-5-3-9-16-12/h11-12,14H,2-10H2,1H3. The van der Waals surface area contributed by atoms with Crippen LogP contribution in [0.4, 0.5) is 0 Å². The van der Waals surface area contributed by atoms with Crippen molar-refractivity contribution >= 4 is 11.6 Å². The van der Waals surface area contributed by atoms with E-state index in [9.17, 15) is 0 Å². The van der Waals surface area contributed by atoms with Gasteiger partial charge in [0, 0.05) is 13.7 Å². The van der Waals surface area contributed by atoms with E-state index in [1.807, 2.05) is 0 Å². The van der Waals surface area contributed by atoms with Gasteiger partial charge in [-0.15, -0.1) is 11.6 Å². The predicted molar refractivity (Wildman–Crippen MR) is 67.2 cm³/mol. The average Bonchev–Trinajstić information content (AvgIpc) is 2.76. The fraction of sp³-hybridized carbons (Fsp3) is 1.00. The van der Waals surface area contributed by atoms with Gasteiger partial charge in [0.25, 0.3) is 0 Å². The summed E-state index contributed by atoms with van der Waals surface area (Å²) in [5.41, 5.74) is 0. The molecule has 0 aromatic rings. The number of nitrogens with one attached hydrogen (secondary N) is 1. The van der Waals surface area contributed by atoms with Crippen LogP contribution in [0.25, 0.3) is 0 Å². The first-order valence-corrected chi connectivity index (χ1v) is 6.72. The van der Waals surface area contributed by atoms with Crippen LogP contribution in [0.3, 0.4) is 0 Å². The normalized spacial score (nSPS) is 22.5. The molecule has 1 rings (SSSR count). The lowest BCUT2D eigenvalue weighted by Gasteiger charge is -2.11. The van der Waals surface area contributed by atoms with Crippen molar-refractivity contribution < 1.29 is 9.47 Å². The maximum Gasteiger partial charge on any atom is 0.0626 e. The van der Waals surface area contributed by atoms with E-state index in [1.54, 1.807) is 7.11 Å². The molecule has 4 heteroatoms. The fourth-order valence-electron chi connectivity index (χ4n) is 1.97. The maximum absolute atomic E-state index is 6.01. The number of hydrogen-bond donors (Lipinski definition) is 1. The zero-order valence-corrected chi connectivity index (χ0v) is 11.0. The van der Waals surface area contributed by atoms with Gasteiger partial charge in [-0.25, -0.2) is 0 Å². The molecule has 1 aliphatic rings. The number of alkyl halides is 1. The third kappa shape index (κ3) is 6.69. The van der Waals surface area contributed by atoms with Gasteiger partial charge in [-0.2, -0.15) is 0 Å². The molecule has 2 unspecified atom stereocenters. The molecule has 0 amide bonds. The summed E-state index contributed by atoms with van der Waals surface area (Å²) in [7, 11) is 1.68. The number of methoxy groups -OCH3 is 1. The van der Waals surface area contributed by atoms with Crippen molar-refractivity contribution in [1.82, 2.24) is 5.32 Å². The highest BCUT2D eigenvalue weighted by Gasteiger charge is 2.14. The third-order valence-corrected chi connectivity index (χ3v) is 3.23. The molecule has 1 N–H and O–H groups in total. The molecule has 0 saturated carbocycles. The summed E-state index contributed by atoms with van der Waals surface area (Å²) >= 11 is 6.01. The Bertz CT molecular complexity index is 163. The van der Waals surface area contributed by atoms with Crippen LogP contribution < -0.4 is 5.32 Å². The van der Waals surface area contributed by atoms with Crippen LogP contribution in [0.5, 0.6) is 0 Å². The Morgan fingerprint density at radius 3 is 3.06 bits per heavy atom. The largest absolute Gasteiger partial charge is 0.383 e. The first-order chi connectivity index (χ1) is 7.83. The fourth-order valence-corrected chi connectivity index (χ4v) is 2.21. The van der Waals surface area contributed by atoms with E-state index < -0.39 is 0 Å². The van der Waals surface area contributed by atoms with Crippen molar-refractivity contribution in [3.8, 4) is 0 Å². The van der Waals surface area contributed by atoms with Gasteiger partial charge < -0.3 is 14.8 Å². The second kappa shape index (κ2) is 9.23. The first kappa shape index (κ1) is 14.2. The molecule has 0 bridgehead atoms. The Morgan fingerprint density at radius 1 is 1.50 bits per heavy atom. The maximum atomic E-state index is 6.01. The van der Waals surface area contributed by atoms with E-state index >= 15 is 0 Å². The highest BCUT2D eigenvalue weighted by atomic mass is 35.5. The molecule has 0 aromatic heterocycles.